The fraction of sp³-hybridized carbons (Fsp3) is 0.276. The average molecular weight is 606 g/mol. The van der Waals surface area contributed by atoms with Gasteiger partial charge in [0.05, 0.1) is 17.2 Å². The Balaban J connectivity index is 1.68. The number of aliphatic hydroxyl groups is 3. The van der Waals surface area contributed by atoms with E-state index in [0.29, 0.717) is 6.08 Å². The van der Waals surface area contributed by atoms with Gasteiger partial charge in [0.1, 0.15) is 22.8 Å². The van der Waals surface area contributed by atoms with Crippen LogP contribution < -0.4 is 5.73 Å². The molecule has 0 radical (unpaired) electrons. The molecule has 6 N–H and O–H groups in total. The zero-order valence-corrected chi connectivity index (χ0v) is 22.4. The van der Waals surface area contributed by atoms with Crippen LogP contribution >= 0.6 is 0 Å². The van der Waals surface area contributed by atoms with E-state index in [1.54, 1.807) is 0 Å². The normalized spacial score (nSPS) is 25.4. The molecule has 1 saturated carbocycles. The number of ketones is 2. The predicted molar refractivity (Wildman–Crippen MR) is 139 cm³/mol. The molecule has 43 heavy (non-hydrogen) atoms. The van der Waals surface area contributed by atoms with Crippen LogP contribution in [0.5, 0.6) is 5.75 Å². The second-order valence-corrected chi connectivity index (χ2v) is 10.8. The van der Waals surface area contributed by atoms with E-state index in [9.17, 15) is 56.8 Å². The monoisotopic (exact) mass is 606 g/mol. The molecule has 14 heteroatoms. The van der Waals surface area contributed by atoms with Crippen molar-refractivity contribution in [2.24, 2.45) is 17.6 Å². The minimum atomic E-state index is -2.84. The standard InChI is InChI=1S/C29H23F5N2O7/c1-36(2)23-13-8-10-7-12-9(3-5-11-18(30)20(32)22(34)21(33)19(11)31)4-6-14(37)16(12)24(38)15(10)26(40)29(13,43)27(41)17(25(23)39)28(35)42/h3-6,10,13,23,37-38,41,43H,7-8H2,1-2H3,(H2,35,42)/b5-3+/t10-,13-,23-,29-/m0/s1. The van der Waals surface area contributed by atoms with Crippen LogP contribution in [-0.4, -0.2) is 68.5 Å². The number of hydrogen-bond acceptors (Lipinski definition) is 8. The van der Waals surface area contributed by atoms with Gasteiger partial charge in [-0.05, 0) is 56.1 Å². The topological polar surface area (TPSA) is 161 Å². The van der Waals surface area contributed by atoms with E-state index in [2.05, 4.69) is 0 Å². The van der Waals surface area contributed by atoms with E-state index in [0.717, 1.165) is 12.1 Å². The van der Waals surface area contributed by atoms with Crippen molar-refractivity contribution in [2.75, 3.05) is 14.1 Å². The molecule has 0 unspecified atom stereocenters. The fourth-order valence-electron chi connectivity index (χ4n) is 6.37. The van der Waals surface area contributed by atoms with Crippen molar-refractivity contribution < 1.29 is 56.8 Å². The Bertz CT molecular complexity index is 1720. The van der Waals surface area contributed by atoms with Gasteiger partial charge in [0, 0.05) is 11.5 Å². The minimum absolute atomic E-state index is 0.0678. The molecule has 5 rings (SSSR count). The Kier molecular flexibility index (Phi) is 6.97. The van der Waals surface area contributed by atoms with Crippen LogP contribution in [-0.2, 0) is 20.8 Å². The van der Waals surface area contributed by atoms with Crippen LogP contribution in [0.15, 0.2) is 29.0 Å². The van der Waals surface area contributed by atoms with Crippen molar-refractivity contribution in [3.05, 3.63) is 80.4 Å². The first-order valence-corrected chi connectivity index (χ1v) is 12.7. The van der Waals surface area contributed by atoms with Crippen molar-refractivity contribution in [1.29, 1.82) is 0 Å². The Morgan fingerprint density at radius 1 is 0.977 bits per heavy atom. The van der Waals surface area contributed by atoms with Gasteiger partial charge in [-0.2, -0.15) is 0 Å². The average Bonchev–Trinajstić information content (AvgIpc) is 2.93. The van der Waals surface area contributed by atoms with Gasteiger partial charge in [-0.1, -0.05) is 12.1 Å². The summed E-state index contributed by atoms with van der Waals surface area (Å²) in [5.74, 6) is -19.3. The van der Waals surface area contributed by atoms with E-state index < -0.39 is 104 Å². The Morgan fingerprint density at radius 2 is 1.56 bits per heavy atom. The number of phenolic OH excluding ortho intramolecular Hbond substituents is 1. The second kappa shape index (κ2) is 10.0. The Hall–Kier alpha value is -4.56. The molecule has 3 aliphatic rings. The van der Waals surface area contributed by atoms with Gasteiger partial charge >= 0.3 is 0 Å². The first kappa shape index (κ1) is 29.9. The summed E-state index contributed by atoms with van der Waals surface area (Å²) in [5, 5.41) is 44.3. The van der Waals surface area contributed by atoms with E-state index in [-0.39, 0.29) is 29.5 Å². The maximum atomic E-state index is 14.3. The molecule has 0 heterocycles. The van der Waals surface area contributed by atoms with Crippen molar-refractivity contribution in [3.8, 4) is 5.75 Å². The molecular weight excluding hydrogens is 583 g/mol. The number of likely N-dealkylation sites (N-methyl/N-ethyl adjacent to an activating group) is 1. The van der Waals surface area contributed by atoms with E-state index in [1.165, 1.54) is 25.1 Å². The van der Waals surface area contributed by atoms with Gasteiger partial charge < -0.3 is 26.2 Å². The summed E-state index contributed by atoms with van der Waals surface area (Å²) in [6, 6.07) is 0.981. The first-order chi connectivity index (χ1) is 20.0. The number of aromatic hydroxyl groups is 1. The van der Waals surface area contributed by atoms with Gasteiger partial charge in [0.15, 0.2) is 34.7 Å². The van der Waals surface area contributed by atoms with Crippen LogP contribution in [0.2, 0.25) is 0 Å². The lowest BCUT2D eigenvalue weighted by Crippen LogP contribution is -2.65. The third-order valence-corrected chi connectivity index (χ3v) is 8.31. The number of amides is 1. The first-order valence-electron chi connectivity index (χ1n) is 12.7. The molecular formula is C29H23F5N2O7. The molecule has 3 aliphatic carbocycles. The van der Waals surface area contributed by atoms with Crippen molar-refractivity contribution in [2.45, 2.75) is 24.5 Å². The molecule has 9 nitrogen and oxygen atoms in total. The number of rotatable bonds is 4. The highest BCUT2D eigenvalue weighted by Crippen LogP contribution is 2.53. The fourth-order valence-corrected chi connectivity index (χ4v) is 6.37. The van der Waals surface area contributed by atoms with E-state index in [4.69, 9.17) is 5.73 Å². The second-order valence-electron chi connectivity index (χ2n) is 10.8. The third kappa shape index (κ3) is 4.07. The molecule has 2 aromatic carbocycles. The number of phenols is 1. The SMILES string of the molecule is CN(C)[C@@H]1C(=O)C(C(N)=O)=C(O)[C@@]2(O)C(=O)C3=C(O)c4c(O)ccc(/C=C/c5c(F)c(F)c(F)c(F)c5F)c4C[C@H]3C[C@@H]12. The summed E-state index contributed by atoms with van der Waals surface area (Å²) >= 11 is 0. The lowest BCUT2D eigenvalue weighted by Gasteiger charge is -2.50. The smallest absolute Gasteiger partial charge is 0.255 e. The molecule has 0 aliphatic heterocycles. The number of aliphatic hydroxyl groups excluding tert-OH is 2. The van der Waals surface area contributed by atoms with Gasteiger partial charge in [-0.3, -0.25) is 19.3 Å². The van der Waals surface area contributed by atoms with Gasteiger partial charge in [-0.15, -0.1) is 0 Å². The minimum Gasteiger partial charge on any atom is -0.508 e. The number of fused-ring (bicyclic) bond motifs is 3. The Morgan fingerprint density at radius 3 is 2.12 bits per heavy atom. The molecule has 0 aromatic heterocycles. The number of nitrogens with two attached hydrogens (primary N) is 1. The highest BCUT2D eigenvalue weighted by atomic mass is 19.2. The molecule has 0 spiro atoms. The maximum Gasteiger partial charge on any atom is 0.255 e. The summed E-state index contributed by atoms with van der Waals surface area (Å²) in [5.41, 5.74) is -0.337. The van der Waals surface area contributed by atoms with Gasteiger partial charge in [-0.25, -0.2) is 22.0 Å². The summed E-state index contributed by atoms with van der Waals surface area (Å²) in [6.45, 7) is 0. The lowest BCUT2D eigenvalue weighted by atomic mass is 9.57. The van der Waals surface area contributed by atoms with Gasteiger partial charge in [0.25, 0.3) is 5.91 Å². The highest BCUT2D eigenvalue weighted by Gasteiger charge is 2.64. The summed E-state index contributed by atoms with van der Waals surface area (Å²) in [6.07, 6.45) is 1.23. The van der Waals surface area contributed by atoms with Crippen LogP contribution in [0.4, 0.5) is 22.0 Å². The molecule has 0 bridgehead atoms. The quantitative estimate of drug-likeness (QED) is 0.117. The maximum absolute atomic E-state index is 14.3. The molecule has 1 amide bonds. The van der Waals surface area contributed by atoms with Gasteiger partial charge in [0.2, 0.25) is 11.6 Å². The molecule has 1 fully saturated rings. The zero-order chi connectivity index (χ0) is 31.9. The van der Waals surface area contributed by atoms with Crippen LogP contribution in [0, 0.1) is 40.9 Å². The van der Waals surface area contributed by atoms with Crippen LogP contribution in [0.3, 0.4) is 0 Å². The number of hydrogen-bond donors (Lipinski definition) is 5. The van der Waals surface area contributed by atoms with E-state index >= 15 is 0 Å². The number of carbonyl (C=O) groups excluding carboxylic acids is 3. The number of nitrogens with zero attached hydrogens (tertiary/aromatic N) is 1. The summed E-state index contributed by atoms with van der Waals surface area (Å²) in [7, 11) is 2.88. The van der Waals surface area contributed by atoms with Crippen LogP contribution in [0.25, 0.3) is 17.9 Å². The highest BCUT2D eigenvalue weighted by molar-refractivity contribution is 6.24. The van der Waals surface area contributed by atoms with Crippen LogP contribution in [0.1, 0.15) is 28.7 Å². The summed E-state index contributed by atoms with van der Waals surface area (Å²) in [4.78, 5) is 40.4. The van der Waals surface area contributed by atoms with E-state index in [1.807, 2.05) is 0 Å². The van der Waals surface area contributed by atoms with Crippen molar-refractivity contribution in [3.63, 3.8) is 0 Å². The Labute approximate surface area is 239 Å². The number of halogens is 5. The largest absolute Gasteiger partial charge is 0.508 e. The molecule has 4 atom stereocenters. The molecule has 226 valence electrons. The number of Topliss-reactive ketones (excluding diaryl/α,β-unsaturated/α-hetero) is 2. The number of benzene rings is 2. The zero-order valence-electron chi connectivity index (χ0n) is 22.4. The molecule has 2 aromatic rings. The number of carbonyl (C=O) groups is 3. The third-order valence-electron chi connectivity index (χ3n) is 8.31. The predicted octanol–water partition coefficient (Wildman–Crippen LogP) is 2.83. The summed E-state index contributed by atoms with van der Waals surface area (Å²) < 4.78 is 69.4. The molecule has 0 saturated heterocycles. The van der Waals surface area contributed by atoms with Crippen molar-refractivity contribution in [1.82, 2.24) is 4.90 Å². The lowest BCUT2D eigenvalue weighted by molar-refractivity contribution is -0.153. The van der Waals surface area contributed by atoms with Crippen molar-refractivity contribution >= 4 is 35.4 Å². The number of primary amides is 1.